The van der Waals surface area contributed by atoms with Crippen LogP contribution in [0.3, 0.4) is 0 Å². The maximum atomic E-state index is 8.50. The molecule has 0 unspecified atom stereocenters. The summed E-state index contributed by atoms with van der Waals surface area (Å²) >= 11 is 0. The summed E-state index contributed by atoms with van der Waals surface area (Å²) in [5, 5.41) is 8.50. The number of rotatable bonds is 5. The number of nitriles is 1. The molecule has 1 aromatic rings. The first-order chi connectivity index (χ1) is 6.86. The van der Waals surface area contributed by atoms with Crippen molar-refractivity contribution in [3.8, 4) is 6.07 Å². The normalized spacial score (nSPS) is 9.71. The van der Waals surface area contributed by atoms with Crippen molar-refractivity contribution in [3.63, 3.8) is 0 Å². The molecule has 0 saturated carbocycles. The predicted octanol–water partition coefficient (Wildman–Crippen LogP) is 2.33. The van der Waals surface area contributed by atoms with Crippen LogP contribution in [0.25, 0.3) is 0 Å². The molecule has 0 fully saturated rings. The van der Waals surface area contributed by atoms with Crippen LogP contribution in [0.2, 0.25) is 0 Å². The Kier molecular flexibility index (Phi) is 4.74. The number of aryl methyl sites for hydroxylation is 1. The van der Waals surface area contributed by atoms with E-state index in [2.05, 4.69) is 18.2 Å². The third kappa shape index (κ3) is 3.59. The summed E-state index contributed by atoms with van der Waals surface area (Å²) in [6.07, 6.45) is 2.59. The molecule has 0 spiro atoms. The van der Waals surface area contributed by atoms with Crippen LogP contribution in [-0.4, -0.2) is 13.7 Å². The molecule has 0 N–H and O–H groups in total. The van der Waals surface area contributed by atoms with Gasteiger partial charge in [0.15, 0.2) is 0 Å². The Morgan fingerprint density at radius 3 is 2.43 bits per heavy atom. The average molecular weight is 189 g/mol. The van der Waals surface area contributed by atoms with Crippen molar-refractivity contribution in [3.05, 3.63) is 35.4 Å². The van der Waals surface area contributed by atoms with E-state index in [1.54, 1.807) is 7.11 Å². The molecule has 74 valence electrons. The molecule has 0 atom stereocenters. The van der Waals surface area contributed by atoms with Crippen molar-refractivity contribution in [2.24, 2.45) is 0 Å². The summed E-state index contributed by atoms with van der Waals surface area (Å²) in [6, 6.07) is 10.3. The molecule has 0 aliphatic heterocycles. The van der Waals surface area contributed by atoms with Gasteiger partial charge in [0.05, 0.1) is 12.5 Å². The molecule has 2 nitrogen and oxygen atoms in total. The summed E-state index contributed by atoms with van der Waals surface area (Å²) in [5.41, 5.74) is 2.40. The van der Waals surface area contributed by atoms with Gasteiger partial charge in [0, 0.05) is 13.7 Å². The Morgan fingerprint density at radius 2 is 1.86 bits per heavy atom. The molecular weight excluding hydrogens is 174 g/mol. The second-order valence-corrected chi connectivity index (χ2v) is 3.25. The number of hydrogen-bond donors (Lipinski definition) is 0. The molecule has 0 heterocycles. The quantitative estimate of drug-likeness (QED) is 0.666. The van der Waals surface area contributed by atoms with Gasteiger partial charge in [-0.05, 0) is 24.0 Å². The second-order valence-electron chi connectivity index (χ2n) is 3.25. The summed E-state index contributed by atoms with van der Waals surface area (Å²) < 4.78 is 4.98. The molecule has 14 heavy (non-hydrogen) atoms. The lowest BCUT2D eigenvalue weighted by atomic mass is 10.1. The lowest BCUT2D eigenvalue weighted by molar-refractivity contribution is 0.195. The van der Waals surface area contributed by atoms with Gasteiger partial charge in [-0.1, -0.05) is 24.3 Å². The highest BCUT2D eigenvalue weighted by Gasteiger charge is 1.94. The van der Waals surface area contributed by atoms with E-state index in [9.17, 15) is 0 Å². The number of benzene rings is 1. The predicted molar refractivity (Wildman–Crippen MR) is 56.0 cm³/mol. The maximum absolute atomic E-state index is 8.50. The molecule has 0 aliphatic rings. The number of ether oxygens (including phenoxy) is 1. The molecule has 1 aromatic carbocycles. The SMILES string of the molecule is COCCCc1ccc(CC#N)cc1. The van der Waals surface area contributed by atoms with Gasteiger partial charge < -0.3 is 4.74 Å². The summed E-state index contributed by atoms with van der Waals surface area (Å²) in [4.78, 5) is 0. The van der Waals surface area contributed by atoms with Gasteiger partial charge in [0.25, 0.3) is 0 Å². The minimum atomic E-state index is 0.498. The van der Waals surface area contributed by atoms with Crippen LogP contribution in [0, 0.1) is 11.3 Å². The van der Waals surface area contributed by atoms with Gasteiger partial charge >= 0.3 is 0 Å². The van der Waals surface area contributed by atoms with Gasteiger partial charge in [-0.2, -0.15) is 5.26 Å². The summed E-state index contributed by atoms with van der Waals surface area (Å²) in [6.45, 7) is 0.806. The van der Waals surface area contributed by atoms with E-state index in [4.69, 9.17) is 10.00 Å². The molecule has 0 amide bonds. The molecule has 0 saturated heterocycles. The highest BCUT2D eigenvalue weighted by atomic mass is 16.5. The van der Waals surface area contributed by atoms with E-state index >= 15 is 0 Å². The zero-order valence-electron chi connectivity index (χ0n) is 8.49. The molecule has 0 bridgehead atoms. The van der Waals surface area contributed by atoms with E-state index in [1.165, 1.54) is 5.56 Å². The Balaban J connectivity index is 2.43. The third-order valence-electron chi connectivity index (χ3n) is 2.12. The zero-order valence-corrected chi connectivity index (χ0v) is 8.49. The van der Waals surface area contributed by atoms with E-state index < -0.39 is 0 Å². The molecular formula is C12H15NO. The van der Waals surface area contributed by atoms with Crippen molar-refractivity contribution >= 4 is 0 Å². The van der Waals surface area contributed by atoms with Gasteiger partial charge in [0.2, 0.25) is 0 Å². The molecule has 1 rings (SSSR count). The van der Waals surface area contributed by atoms with Crippen molar-refractivity contribution in [1.29, 1.82) is 5.26 Å². The van der Waals surface area contributed by atoms with Gasteiger partial charge in [-0.15, -0.1) is 0 Å². The van der Waals surface area contributed by atoms with Gasteiger partial charge in [-0.3, -0.25) is 0 Å². The average Bonchev–Trinajstić information content (AvgIpc) is 2.21. The largest absolute Gasteiger partial charge is 0.385 e. The monoisotopic (exact) mass is 189 g/mol. The van der Waals surface area contributed by atoms with Gasteiger partial charge in [-0.25, -0.2) is 0 Å². The van der Waals surface area contributed by atoms with Crippen LogP contribution in [0.5, 0.6) is 0 Å². The molecule has 2 heteroatoms. The van der Waals surface area contributed by atoms with Crippen molar-refractivity contribution < 1.29 is 4.74 Å². The van der Waals surface area contributed by atoms with Crippen LogP contribution >= 0.6 is 0 Å². The molecule has 0 aromatic heterocycles. The molecule has 0 aliphatic carbocycles. The number of methoxy groups -OCH3 is 1. The van der Waals surface area contributed by atoms with Crippen molar-refractivity contribution in [1.82, 2.24) is 0 Å². The third-order valence-corrected chi connectivity index (χ3v) is 2.12. The minimum Gasteiger partial charge on any atom is -0.385 e. The topological polar surface area (TPSA) is 33.0 Å². The Morgan fingerprint density at radius 1 is 1.21 bits per heavy atom. The highest BCUT2D eigenvalue weighted by molar-refractivity contribution is 5.24. The maximum Gasteiger partial charge on any atom is 0.0669 e. The Labute approximate surface area is 85.1 Å². The Hall–Kier alpha value is -1.33. The van der Waals surface area contributed by atoms with Crippen molar-refractivity contribution in [2.75, 3.05) is 13.7 Å². The fraction of sp³-hybridized carbons (Fsp3) is 0.417. The lowest BCUT2D eigenvalue weighted by Gasteiger charge is -2.01. The summed E-state index contributed by atoms with van der Waals surface area (Å²) in [7, 11) is 1.72. The lowest BCUT2D eigenvalue weighted by Crippen LogP contribution is -1.92. The van der Waals surface area contributed by atoms with Gasteiger partial charge in [0.1, 0.15) is 0 Å². The van der Waals surface area contributed by atoms with Crippen LogP contribution in [0.1, 0.15) is 17.5 Å². The first-order valence-corrected chi connectivity index (χ1v) is 4.80. The van der Waals surface area contributed by atoms with E-state index in [0.717, 1.165) is 25.0 Å². The van der Waals surface area contributed by atoms with E-state index in [1.807, 2.05) is 12.1 Å². The minimum absolute atomic E-state index is 0.498. The highest BCUT2D eigenvalue weighted by Crippen LogP contribution is 2.07. The van der Waals surface area contributed by atoms with Crippen LogP contribution in [-0.2, 0) is 17.6 Å². The first-order valence-electron chi connectivity index (χ1n) is 4.80. The Bertz CT molecular complexity index is 297. The fourth-order valence-corrected chi connectivity index (χ4v) is 1.34. The fourth-order valence-electron chi connectivity index (χ4n) is 1.34. The number of nitrogens with zero attached hydrogens (tertiary/aromatic N) is 1. The number of hydrogen-bond acceptors (Lipinski definition) is 2. The standard InChI is InChI=1S/C12H15NO/c1-14-10-2-3-11-4-6-12(7-5-11)8-9-13/h4-7H,2-3,8,10H2,1H3. The zero-order chi connectivity index (χ0) is 10.2. The summed E-state index contributed by atoms with van der Waals surface area (Å²) in [5.74, 6) is 0. The molecule has 0 radical (unpaired) electrons. The van der Waals surface area contributed by atoms with Crippen LogP contribution in [0.4, 0.5) is 0 Å². The van der Waals surface area contributed by atoms with Crippen molar-refractivity contribution in [2.45, 2.75) is 19.3 Å². The smallest absolute Gasteiger partial charge is 0.0669 e. The first kappa shape index (κ1) is 10.7. The van der Waals surface area contributed by atoms with Crippen LogP contribution in [0.15, 0.2) is 24.3 Å². The van der Waals surface area contributed by atoms with Crippen LogP contribution < -0.4 is 0 Å². The second kappa shape index (κ2) is 6.17. The van der Waals surface area contributed by atoms with E-state index in [-0.39, 0.29) is 0 Å². The van der Waals surface area contributed by atoms with E-state index in [0.29, 0.717) is 6.42 Å².